The maximum atomic E-state index is 6.05. The van der Waals surface area contributed by atoms with E-state index in [-0.39, 0.29) is 11.5 Å². The van der Waals surface area contributed by atoms with Crippen molar-refractivity contribution in [3.05, 3.63) is 33.8 Å². The zero-order valence-corrected chi connectivity index (χ0v) is 11.8. The van der Waals surface area contributed by atoms with Crippen LogP contribution >= 0.6 is 23.2 Å². The topological polar surface area (TPSA) is 12.0 Å². The van der Waals surface area contributed by atoms with Crippen molar-refractivity contribution in [1.82, 2.24) is 5.32 Å². The molecule has 1 aromatic carbocycles. The molecular formula is C13H19Cl2N. The van der Waals surface area contributed by atoms with Crippen molar-refractivity contribution < 1.29 is 0 Å². The van der Waals surface area contributed by atoms with E-state index in [1.54, 1.807) is 0 Å². The van der Waals surface area contributed by atoms with E-state index in [1.807, 2.05) is 25.2 Å². The molecule has 1 nitrogen and oxygen atoms in total. The van der Waals surface area contributed by atoms with E-state index >= 15 is 0 Å². The lowest BCUT2D eigenvalue weighted by molar-refractivity contribution is 0.245. The second kappa shape index (κ2) is 5.39. The van der Waals surface area contributed by atoms with Crippen molar-refractivity contribution in [3.8, 4) is 0 Å². The minimum Gasteiger partial charge on any atom is -0.313 e. The number of halogens is 2. The minimum atomic E-state index is 0.186. The van der Waals surface area contributed by atoms with Crippen LogP contribution in [0.1, 0.15) is 38.8 Å². The van der Waals surface area contributed by atoms with Crippen LogP contribution in [0.25, 0.3) is 0 Å². The second-order valence-corrected chi connectivity index (χ2v) is 5.55. The summed E-state index contributed by atoms with van der Waals surface area (Å²) >= 11 is 12.0. The Morgan fingerprint density at radius 1 is 1.25 bits per heavy atom. The van der Waals surface area contributed by atoms with Crippen molar-refractivity contribution in [2.75, 3.05) is 7.05 Å². The van der Waals surface area contributed by atoms with Crippen LogP contribution in [0, 0.1) is 5.41 Å². The highest BCUT2D eigenvalue weighted by atomic mass is 35.5. The van der Waals surface area contributed by atoms with Gasteiger partial charge >= 0.3 is 0 Å². The number of nitrogens with one attached hydrogen (secondary N) is 1. The summed E-state index contributed by atoms with van der Waals surface area (Å²) in [5, 5.41) is 4.58. The third-order valence-corrected chi connectivity index (χ3v) is 4.00. The molecule has 1 N–H and O–H groups in total. The lowest BCUT2D eigenvalue weighted by Crippen LogP contribution is -2.31. The van der Waals surface area contributed by atoms with E-state index in [0.29, 0.717) is 10.0 Å². The summed E-state index contributed by atoms with van der Waals surface area (Å²) < 4.78 is 0. The Kier molecular flexibility index (Phi) is 4.66. The Hall–Kier alpha value is -0.240. The summed E-state index contributed by atoms with van der Waals surface area (Å²) in [5.74, 6) is 0. The van der Waals surface area contributed by atoms with Crippen molar-refractivity contribution in [3.63, 3.8) is 0 Å². The van der Waals surface area contributed by atoms with E-state index in [9.17, 15) is 0 Å². The summed E-state index contributed by atoms with van der Waals surface area (Å²) in [7, 11) is 1.98. The molecular weight excluding hydrogens is 241 g/mol. The summed E-state index contributed by atoms with van der Waals surface area (Å²) in [6, 6.07) is 6.12. The molecule has 0 saturated heterocycles. The zero-order valence-electron chi connectivity index (χ0n) is 10.3. The Morgan fingerprint density at radius 3 is 2.31 bits per heavy atom. The summed E-state index contributed by atoms with van der Waals surface area (Å²) in [6.07, 6.45) is 1.10. The van der Waals surface area contributed by atoms with Gasteiger partial charge < -0.3 is 5.32 Å². The molecule has 1 atom stereocenters. The Bertz CT molecular complexity index is 361. The number of hydrogen-bond acceptors (Lipinski definition) is 1. The Labute approximate surface area is 108 Å². The van der Waals surface area contributed by atoms with Crippen LogP contribution in [0.15, 0.2) is 18.2 Å². The molecule has 0 aromatic heterocycles. The predicted molar refractivity (Wildman–Crippen MR) is 72.3 cm³/mol. The quantitative estimate of drug-likeness (QED) is 0.828. The molecule has 0 aliphatic rings. The number of rotatable bonds is 4. The first-order valence-electron chi connectivity index (χ1n) is 5.54. The SMILES string of the molecule is CCC(C)(C)C(NC)c1ccc(Cl)c(Cl)c1. The monoisotopic (exact) mass is 259 g/mol. The summed E-state index contributed by atoms with van der Waals surface area (Å²) in [5.41, 5.74) is 1.37. The van der Waals surface area contributed by atoms with Gasteiger partial charge in [0.2, 0.25) is 0 Å². The molecule has 0 aliphatic heterocycles. The molecule has 0 amide bonds. The molecule has 0 spiro atoms. The van der Waals surface area contributed by atoms with E-state index in [1.165, 1.54) is 5.56 Å². The first kappa shape index (κ1) is 13.8. The number of hydrogen-bond donors (Lipinski definition) is 1. The summed E-state index contributed by atoms with van der Waals surface area (Å²) in [4.78, 5) is 0. The van der Waals surface area contributed by atoms with Crippen LogP contribution in [-0.2, 0) is 0 Å². The highest BCUT2D eigenvalue weighted by Gasteiger charge is 2.27. The van der Waals surface area contributed by atoms with Gasteiger partial charge in [-0.05, 0) is 36.6 Å². The smallest absolute Gasteiger partial charge is 0.0595 e. The normalized spacial score (nSPS) is 13.9. The van der Waals surface area contributed by atoms with E-state index in [0.717, 1.165) is 6.42 Å². The van der Waals surface area contributed by atoms with Gasteiger partial charge in [0, 0.05) is 6.04 Å². The molecule has 0 bridgehead atoms. The van der Waals surface area contributed by atoms with Gasteiger partial charge in [0.25, 0.3) is 0 Å². The fraction of sp³-hybridized carbons (Fsp3) is 0.538. The predicted octanol–water partition coefficient (Wildman–Crippen LogP) is 4.69. The Balaban J connectivity index is 3.09. The van der Waals surface area contributed by atoms with Crippen LogP contribution in [0.3, 0.4) is 0 Å². The largest absolute Gasteiger partial charge is 0.313 e. The molecule has 1 aromatic rings. The standard InChI is InChI=1S/C13H19Cl2N/c1-5-13(2,3)12(16-4)9-6-7-10(14)11(15)8-9/h6-8,12,16H,5H2,1-4H3. The van der Waals surface area contributed by atoms with E-state index < -0.39 is 0 Å². The average molecular weight is 260 g/mol. The van der Waals surface area contributed by atoms with Crippen molar-refractivity contribution in [2.24, 2.45) is 5.41 Å². The average Bonchev–Trinajstić information content (AvgIpc) is 2.24. The zero-order chi connectivity index (χ0) is 12.3. The molecule has 1 rings (SSSR count). The van der Waals surface area contributed by atoms with E-state index in [2.05, 4.69) is 26.1 Å². The van der Waals surface area contributed by atoms with Gasteiger partial charge in [-0.15, -0.1) is 0 Å². The van der Waals surface area contributed by atoms with Crippen molar-refractivity contribution in [1.29, 1.82) is 0 Å². The van der Waals surface area contributed by atoms with E-state index in [4.69, 9.17) is 23.2 Å². The van der Waals surface area contributed by atoms with Gasteiger partial charge in [0.1, 0.15) is 0 Å². The fourth-order valence-electron chi connectivity index (χ4n) is 1.90. The van der Waals surface area contributed by atoms with Crippen LogP contribution in [0.2, 0.25) is 10.0 Å². The molecule has 0 saturated carbocycles. The third-order valence-electron chi connectivity index (χ3n) is 3.26. The maximum Gasteiger partial charge on any atom is 0.0595 e. The first-order valence-corrected chi connectivity index (χ1v) is 6.30. The highest BCUT2D eigenvalue weighted by Crippen LogP contribution is 2.37. The minimum absolute atomic E-state index is 0.186. The Morgan fingerprint density at radius 2 is 1.88 bits per heavy atom. The maximum absolute atomic E-state index is 6.05. The second-order valence-electron chi connectivity index (χ2n) is 4.74. The molecule has 16 heavy (non-hydrogen) atoms. The van der Waals surface area contributed by atoms with Crippen LogP contribution in [-0.4, -0.2) is 7.05 Å². The van der Waals surface area contributed by atoms with Crippen molar-refractivity contribution in [2.45, 2.75) is 33.2 Å². The van der Waals surface area contributed by atoms with Crippen LogP contribution < -0.4 is 5.32 Å². The van der Waals surface area contributed by atoms with Gasteiger partial charge in [-0.3, -0.25) is 0 Å². The molecule has 0 aliphatic carbocycles. The lowest BCUT2D eigenvalue weighted by atomic mass is 9.78. The fourth-order valence-corrected chi connectivity index (χ4v) is 2.21. The molecule has 0 fully saturated rings. The first-order chi connectivity index (χ1) is 7.42. The van der Waals surface area contributed by atoms with Crippen molar-refractivity contribution >= 4 is 23.2 Å². The van der Waals surface area contributed by atoms with Gasteiger partial charge in [-0.1, -0.05) is 50.0 Å². The molecule has 3 heteroatoms. The molecule has 0 radical (unpaired) electrons. The van der Waals surface area contributed by atoms with Gasteiger partial charge in [0.15, 0.2) is 0 Å². The molecule has 0 heterocycles. The van der Waals surface area contributed by atoms with Gasteiger partial charge in [-0.25, -0.2) is 0 Å². The third kappa shape index (κ3) is 2.91. The lowest BCUT2D eigenvalue weighted by Gasteiger charge is -2.33. The molecule has 1 unspecified atom stereocenters. The van der Waals surface area contributed by atoms with Crippen LogP contribution in [0.5, 0.6) is 0 Å². The van der Waals surface area contributed by atoms with Gasteiger partial charge in [0.05, 0.1) is 10.0 Å². The van der Waals surface area contributed by atoms with Gasteiger partial charge in [-0.2, -0.15) is 0 Å². The van der Waals surface area contributed by atoms with Crippen LogP contribution in [0.4, 0.5) is 0 Å². The number of benzene rings is 1. The molecule has 90 valence electrons. The highest BCUT2D eigenvalue weighted by molar-refractivity contribution is 6.42. The summed E-state index contributed by atoms with van der Waals surface area (Å²) in [6.45, 7) is 6.69.